The standard InChI is InChI=1S/C15H15NO3/c1-16-8-7-10-3-2-4-13-15(10)11(9-16)12(19-13)5-6-14(17)18/h2-4,7-9,12H,5-6H2,1H3,(H,17,18). The van der Waals surface area contributed by atoms with Gasteiger partial charge < -0.3 is 14.7 Å². The number of benzene rings is 1. The topological polar surface area (TPSA) is 49.8 Å². The van der Waals surface area contributed by atoms with E-state index >= 15 is 0 Å². The molecule has 0 fully saturated rings. The van der Waals surface area contributed by atoms with Gasteiger partial charge in [0.25, 0.3) is 0 Å². The van der Waals surface area contributed by atoms with Crippen molar-refractivity contribution in [2.24, 2.45) is 0 Å². The highest BCUT2D eigenvalue weighted by Gasteiger charge is 2.31. The molecule has 98 valence electrons. The normalized spacial score (nSPS) is 19.5. The zero-order valence-corrected chi connectivity index (χ0v) is 10.7. The molecule has 2 aliphatic heterocycles. The predicted molar refractivity (Wildman–Crippen MR) is 72.5 cm³/mol. The van der Waals surface area contributed by atoms with Crippen molar-refractivity contribution in [2.45, 2.75) is 18.9 Å². The summed E-state index contributed by atoms with van der Waals surface area (Å²) in [5, 5.41) is 8.83. The van der Waals surface area contributed by atoms with Crippen LogP contribution < -0.4 is 4.74 Å². The molecule has 0 amide bonds. The van der Waals surface area contributed by atoms with E-state index in [1.165, 1.54) is 0 Å². The van der Waals surface area contributed by atoms with Gasteiger partial charge in [0.2, 0.25) is 0 Å². The largest absolute Gasteiger partial charge is 0.485 e. The molecule has 1 aromatic rings. The Morgan fingerprint density at radius 3 is 3.11 bits per heavy atom. The number of hydrogen-bond acceptors (Lipinski definition) is 3. The minimum Gasteiger partial charge on any atom is -0.485 e. The number of carboxylic acids is 1. The molecule has 19 heavy (non-hydrogen) atoms. The lowest BCUT2D eigenvalue weighted by atomic mass is 9.96. The van der Waals surface area contributed by atoms with Gasteiger partial charge in [-0.25, -0.2) is 0 Å². The molecule has 1 atom stereocenters. The molecule has 0 saturated carbocycles. The van der Waals surface area contributed by atoms with Gasteiger partial charge >= 0.3 is 5.97 Å². The van der Waals surface area contributed by atoms with Crippen molar-refractivity contribution in [3.05, 3.63) is 41.7 Å². The van der Waals surface area contributed by atoms with E-state index in [1.54, 1.807) is 0 Å². The lowest BCUT2D eigenvalue weighted by molar-refractivity contribution is -0.137. The van der Waals surface area contributed by atoms with Gasteiger partial charge in [0, 0.05) is 37.0 Å². The Bertz CT molecular complexity index is 589. The molecule has 1 N–H and O–H groups in total. The molecule has 4 nitrogen and oxygen atoms in total. The molecule has 0 bridgehead atoms. The van der Waals surface area contributed by atoms with Gasteiger partial charge in [-0.2, -0.15) is 0 Å². The minimum atomic E-state index is -0.791. The second kappa shape index (κ2) is 4.46. The van der Waals surface area contributed by atoms with Crippen molar-refractivity contribution in [1.29, 1.82) is 0 Å². The molecule has 2 heterocycles. The Hall–Kier alpha value is -2.23. The molecule has 0 radical (unpaired) electrons. The first-order valence-electron chi connectivity index (χ1n) is 6.29. The molecule has 0 aromatic heterocycles. The van der Waals surface area contributed by atoms with Gasteiger partial charge in [0.1, 0.15) is 11.9 Å². The fourth-order valence-electron chi connectivity index (χ4n) is 2.55. The highest BCUT2D eigenvalue weighted by molar-refractivity contribution is 5.84. The Morgan fingerprint density at radius 1 is 1.47 bits per heavy atom. The summed E-state index contributed by atoms with van der Waals surface area (Å²) in [6.07, 6.45) is 6.49. The zero-order valence-electron chi connectivity index (χ0n) is 10.7. The van der Waals surface area contributed by atoms with Crippen molar-refractivity contribution < 1.29 is 14.6 Å². The summed E-state index contributed by atoms with van der Waals surface area (Å²) < 4.78 is 5.89. The molecule has 2 aliphatic rings. The number of ether oxygens (including phenoxy) is 1. The molecule has 1 aromatic carbocycles. The fraction of sp³-hybridized carbons (Fsp3) is 0.267. The Kier molecular flexibility index (Phi) is 2.78. The van der Waals surface area contributed by atoms with Crippen LogP contribution in [0.3, 0.4) is 0 Å². The molecule has 0 saturated heterocycles. The number of nitrogens with zero attached hydrogens (tertiary/aromatic N) is 1. The summed E-state index contributed by atoms with van der Waals surface area (Å²) in [6, 6.07) is 5.94. The lowest BCUT2D eigenvalue weighted by Gasteiger charge is -2.13. The molecular formula is C15H15NO3. The maximum absolute atomic E-state index is 10.7. The molecule has 0 spiro atoms. The van der Waals surface area contributed by atoms with Gasteiger partial charge in [-0.1, -0.05) is 12.1 Å². The van der Waals surface area contributed by atoms with Crippen LogP contribution >= 0.6 is 0 Å². The SMILES string of the molecule is CN1C=Cc2cccc3c2C(=C1)C(CCC(=O)O)O3. The Morgan fingerprint density at radius 2 is 2.32 bits per heavy atom. The van der Waals surface area contributed by atoms with Crippen LogP contribution in [0.15, 0.2) is 30.6 Å². The molecule has 1 unspecified atom stereocenters. The third kappa shape index (κ3) is 2.10. The summed E-state index contributed by atoms with van der Waals surface area (Å²) >= 11 is 0. The average molecular weight is 257 g/mol. The summed E-state index contributed by atoms with van der Waals surface area (Å²) in [5.74, 6) is 0.0552. The van der Waals surface area contributed by atoms with Gasteiger partial charge in [-0.05, 0) is 24.1 Å². The molecule has 0 aliphatic carbocycles. The number of rotatable bonds is 3. The highest BCUT2D eigenvalue weighted by atomic mass is 16.5. The van der Waals surface area contributed by atoms with E-state index in [9.17, 15) is 4.79 Å². The van der Waals surface area contributed by atoms with Crippen LogP contribution in [0.1, 0.15) is 24.0 Å². The van der Waals surface area contributed by atoms with Crippen molar-refractivity contribution in [2.75, 3.05) is 7.05 Å². The second-order valence-electron chi connectivity index (χ2n) is 4.82. The van der Waals surface area contributed by atoms with Gasteiger partial charge in [-0.15, -0.1) is 0 Å². The maximum Gasteiger partial charge on any atom is 0.303 e. The number of aliphatic carboxylic acids is 1. The van der Waals surface area contributed by atoms with Crippen LogP contribution in [-0.4, -0.2) is 29.1 Å². The maximum atomic E-state index is 10.7. The second-order valence-corrected chi connectivity index (χ2v) is 4.82. The van der Waals surface area contributed by atoms with Crippen LogP contribution in [-0.2, 0) is 4.79 Å². The average Bonchev–Trinajstić information content (AvgIpc) is 2.62. The molecule has 3 rings (SSSR count). The van der Waals surface area contributed by atoms with Crippen molar-refractivity contribution in [1.82, 2.24) is 4.90 Å². The third-order valence-corrected chi connectivity index (χ3v) is 3.42. The van der Waals surface area contributed by atoms with Crippen LogP contribution in [0.4, 0.5) is 0 Å². The summed E-state index contributed by atoms with van der Waals surface area (Å²) in [5.41, 5.74) is 3.28. The van der Waals surface area contributed by atoms with E-state index in [1.807, 2.05) is 48.6 Å². The first-order valence-corrected chi connectivity index (χ1v) is 6.29. The van der Waals surface area contributed by atoms with E-state index in [0.717, 1.165) is 22.4 Å². The highest BCUT2D eigenvalue weighted by Crippen LogP contribution is 2.42. The van der Waals surface area contributed by atoms with E-state index in [-0.39, 0.29) is 12.5 Å². The minimum absolute atomic E-state index is 0.114. The van der Waals surface area contributed by atoms with Crippen molar-refractivity contribution >= 4 is 17.6 Å². The first kappa shape index (κ1) is 11.8. The van der Waals surface area contributed by atoms with E-state index in [0.29, 0.717) is 6.42 Å². The first-order chi connectivity index (χ1) is 9.15. The zero-order chi connectivity index (χ0) is 13.4. The Balaban J connectivity index is 1.99. The van der Waals surface area contributed by atoms with Gasteiger partial charge in [-0.3, -0.25) is 4.79 Å². The van der Waals surface area contributed by atoms with Crippen LogP contribution in [0.25, 0.3) is 11.6 Å². The monoisotopic (exact) mass is 257 g/mol. The van der Waals surface area contributed by atoms with Gasteiger partial charge in [0.15, 0.2) is 0 Å². The van der Waals surface area contributed by atoms with E-state index in [4.69, 9.17) is 9.84 Å². The van der Waals surface area contributed by atoms with Gasteiger partial charge in [0.05, 0.1) is 0 Å². The third-order valence-electron chi connectivity index (χ3n) is 3.42. The molecular weight excluding hydrogens is 242 g/mol. The molecule has 4 heteroatoms. The van der Waals surface area contributed by atoms with Crippen LogP contribution in [0, 0.1) is 0 Å². The van der Waals surface area contributed by atoms with Crippen LogP contribution in [0.2, 0.25) is 0 Å². The summed E-state index contributed by atoms with van der Waals surface area (Å²) in [4.78, 5) is 12.7. The quantitative estimate of drug-likeness (QED) is 0.904. The number of carboxylic acid groups (broad SMARTS) is 1. The Labute approximate surface area is 111 Å². The number of carbonyl (C=O) groups is 1. The number of hydrogen-bond donors (Lipinski definition) is 1. The smallest absolute Gasteiger partial charge is 0.303 e. The van der Waals surface area contributed by atoms with Crippen molar-refractivity contribution in [3.8, 4) is 5.75 Å². The lowest BCUT2D eigenvalue weighted by Crippen LogP contribution is -2.15. The summed E-state index contributed by atoms with van der Waals surface area (Å²) in [6.45, 7) is 0. The van der Waals surface area contributed by atoms with Crippen molar-refractivity contribution in [3.63, 3.8) is 0 Å². The predicted octanol–water partition coefficient (Wildman–Crippen LogP) is 2.57. The van der Waals surface area contributed by atoms with Crippen LogP contribution in [0.5, 0.6) is 5.75 Å². The summed E-state index contributed by atoms with van der Waals surface area (Å²) in [7, 11) is 1.96. The fourth-order valence-corrected chi connectivity index (χ4v) is 2.55. The van der Waals surface area contributed by atoms with E-state index < -0.39 is 5.97 Å². The van der Waals surface area contributed by atoms with E-state index in [2.05, 4.69) is 0 Å².